The first-order valence-corrected chi connectivity index (χ1v) is 9.92. The van der Waals surface area contributed by atoms with E-state index in [1.54, 1.807) is 6.07 Å². The van der Waals surface area contributed by atoms with Crippen LogP contribution in [0.2, 0.25) is 5.02 Å². The Morgan fingerprint density at radius 2 is 1.24 bits per heavy atom. The lowest BCUT2D eigenvalue weighted by Crippen LogP contribution is -2.40. The summed E-state index contributed by atoms with van der Waals surface area (Å²) in [6.07, 6.45) is 0.692. The molecule has 0 heterocycles. The van der Waals surface area contributed by atoms with Crippen molar-refractivity contribution in [3.05, 3.63) is 107 Å². The van der Waals surface area contributed by atoms with Crippen LogP contribution < -0.4 is 10.6 Å². The molecule has 0 fully saturated rings. The molecule has 0 radical (unpaired) electrons. The van der Waals surface area contributed by atoms with Gasteiger partial charge in [-0.3, -0.25) is 9.59 Å². The topological polar surface area (TPSA) is 58.2 Å². The summed E-state index contributed by atoms with van der Waals surface area (Å²) in [6, 6.07) is 27.5. The van der Waals surface area contributed by atoms with Gasteiger partial charge in [0.2, 0.25) is 0 Å². The van der Waals surface area contributed by atoms with Crippen LogP contribution in [0.3, 0.4) is 0 Å². The SMILES string of the molecule is O=C(NCCC(c1ccccc1)c1ccccc1)C(=O)NCc1ccccc1Cl. The van der Waals surface area contributed by atoms with Crippen molar-refractivity contribution < 1.29 is 9.59 Å². The van der Waals surface area contributed by atoms with Crippen molar-refractivity contribution in [3.63, 3.8) is 0 Å². The summed E-state index contributed by atoms with van der Waals surface area (Å²) in [5.41, 5.74) is 3.12. The Bertz CT molecular complexity index is 906. The Morgan fingerprint density at radius 1 is 0.724 bits per heavy atom. The van der Waals surface area contributed by atoms with Gasteiger partial charge in [0.05, 0.1) is 0 Å². The molecule has 0 aromatic heterocycles. The minimum absolute atomic E-state index is 0.142. The standard InChI is InChI=1S/C24H23ClN2O2/c25-22-14-8-7-13-20(22)17-27-24(29)23(28)26-16-15-21(18-9-3-1-4-10-18)19-11-5-2-6-12-19/h1-14,21H,15-17H2,(H,26,28)(H,27,29). The molecule has 5 heteroatoms. The fourth-order valence-corrected chi connectivity index (χ4v) is 3.41. The second-order valence-corrected chi connectivity index (χ2v) is 7.10. The second-order valence-electron chi connectivity index (χ2n) is 6.69. The average Bonchev–Trinajstić information content (AvgIpc) is 2.77. The van der Waals surface area contributed by atoms with Gasteiger partial charge in [0, 0.05) is 24.0 Å². The van der Waals surface area contributed by atoms with E-state index in [4.69, 9.17) is 11.6 Å². The lowest BCUT2D eigenvalue weighted by atomic mass is 9.88. The Labute approximate surface area is 175 Å². The minimum Gasteiger partial charge on any atom is -0.348 e. The predicted molar refractivity (Wildman–Crippen MR) is 116 cm³/mol. The van der Waals surface area contributed by atoms with E-state index in [9.17, 15) is 9.59 Å². The summed E-state index contributed by atoms with van der Waals surface area (Å²) in [5.74, 6) is -1.17. The number of hydrogen-bond donors (Lipinski definition) is 2. The third-order valence-corrected chi connectivity index (χ3v) is 5.09. The van der Waals surface area contributed by atoms with Gasteiger partial charge in [0.1, 0.15) is 0 Å². The molecule has 0 aliphatic heterocycles. The molecule has 0 aliphatic rings. The highest BCUT2D eigenvalue weighted by molar-refractivity contribution is 6.35. The van der Waals surface area contributed by atoms with E-state index in [0.29, 0.717) is 18.0 Å². The summed E-state index contributed by atoms with van der Waals surface area (Å²) in [6.45, 7) is 0.607. The van der Waals surface area contributed by atoms with Gasteiger partial charge in [0.25, 0.3) is 0 Å². The smallest absolute Gasteiger partial charge is 0.309 e. The van der Waals surface area contributed by atoms with Crippen molar-refractivity contribution in [2.24, 2.45) is 0 Å². The molecule has 0 saturated carbocycles. The first kappa shape index (κ1) is 20.6. The summed E-state index contributed by atoms with van der Waals surface area (Å²) >= 11 is 6.07. The average molecular weight is 407 g/mol. The molecular weight excluding hydrogens is 384 g/mol. The van der Waals surface area contributed by atoms with Gasteiger partial charge in [0.15, 0.2) is 0 Å². The Hall–Kier alpha value is -3.11. The number of rotatable bonds is 7. The van der Waals surface area contributed by atoms with Crippen molar-refractivity contribution in [2.45, 2.75) is 18.9 Å². The van der Waals surface area contributed by atoms with Gasteiger partial charge in [-0.05, 0) is 29.2 Å². The fraction of sp³-hybridized carbons (Fsp3) is 0.167. The predicted octanol–water partition coefficient (Wildman–Crippen LogP) is 4.29. The number of carbonyl (C=O) groups is 2. The third kappa shape index (κ3) is 5.93. The van der Waals surface area contributed by atoms with Crippen LogP contribution in [0.4, 0.5) is 0 Å². The quantitative estimate of drug-likeness (QED) is 0.575. The molecule has 0 bridgehead atoms. The third-order valence-electron chi connectivity index (χ3n) is 4.73. The molecule has 3 aromatic rings. The van der Waals surface area contributed by atoms with Crippen LogP contribution in [-0.2, 0) is 16.1 Å². The van der Waals surface area contributed by atoms with Crippen LogP contribution in [0.1, 0.15) is 29.0 Å². The van der Waals surface area contributed by atoms with Crippen LogP contribution in [0.15, 0.2) is 84.9 Å². The molecule has 148 valence electrons. The number of halogens is 1. The van der Waals surface area contributed by atoms with Crippen LogP contribution in [0.25, 0.3) is 0 Å². The van der Waals surface area contributed by atoms with E-state index in [-0.39, 0.29) is 12.5 Å². The molecular formula is C24H23ClN2O2. The molecule has 2 N–H and O–H groups in total. The number of nitrogens with one attached hydrogen (secondary N) is 2. The minimum atomic E-state index is -0.666. The van der Waals surface area contributed by atoms with Crippen LogP contribution >= 0.6 is 11.6 Å². The van der Waals surface area contributed by atoms with Crippen LogP contribution in [-0.4, -0.2) is 18.4 Å². The van der Waals surface area contributed by atoms with Gasteiger partial charge >= 0.3 is 11.8 Å². The lowest BCUT2D eigenvalue weighted by Gasteiger charge is -2.18. The van der Waals surface area contributed by atoms with E-state index < -0.39 is 11.8 Å². The molecule has 4 nitrogen and oxygen atoms in total. The zero-order valence-corrected chi connectivity index (χ0v) is 16.7. The molecule has 0 aliphatic carbocycles. The van der Waals surface area contributed by atoms with E-state index >= 15 is 0 Å². The zero-order chi connectivity index (χ0) is 20.5. The molecule has 29 heavy (non-hydrogen) atoms. The zero-order valence-electron chi connectivity index (χ0n) is 16.0. The molecule has 0 spiro atoms. The second kappa shape index (κ2) is 10.4. The van der Waals surface area contributed by atoms with Crippen LogP contribution in [0, 0.1) is 0 Å². The molecule has 0 atom stereocenters. The lowest BCUT2D eigenvalue weighted by molar-refractivity contribution is -0.139. The van der Waals surface area contributed by atoms with Gasteiger partial charge < -0.3 is 10.6 Å². The summed E-state index contributed by atoms with van der Waals surface area (Å²) in [7, 11) is 0. The van der Waals surface area contributed by atoms with E-state index in [0.717, 1.165) is 5.56 Å². The highest BCUT2D eigenvalue weighted by Crippen LogP contribution is 2.27. The Morgan fingerprint density at radius 3 is 1.83 bits per heavy atom. The van der Waals surface area contributed by atoms with Crippen molar-refractivity contribution in [1.29, 1.82) is 0 Å². The normalized spacial score (nSPS) is 10.6. The summed E-state index contributed by atoms with van der Waals surface area (Å²) in [4.78, 5) is 24.2. The Balaban J connectivity index is 1.54. The van der Waals surface area contributed by atoms with E-state index in [1.165, 1.54) is 11.1 Å². The number of hydrogen-bond acceptors (Lipinski definition) is 2. The molecule has 2 amide bonds. The maximum atomic E-state index is 12.1. The van der Waals surface area contributed by atoms with Crippen molar-refractivity contribution in [3.8, 4) is 0 Å². The molecule has 0 saturated heterocycles. The van der Waals surface area contributed by atoms with Gasteiger partial charge in [-0.1, -0.05) is 90.5 Å². The first-order valence-electron chi connectivity index (χ1n) is 9.54. The maximum Gasteiger partial charge on any atom is 0.309 e. The maximum absolute atomic E-state index is 12.1. The molecule has 0 unspecified atom stereocenters. The highest BCUT2D eigenvalue weighted by atomic mass is 35.5. The monoisotopic (exact) mass is 406 g/mol. The van der Waals surface area contributed by atoms with Gasteiger partial charge in [-0.25, -0.2) is 0 Å². The molecule has 3 rings (SSSR count). The number of benzene rings is 3. The highest BCUT2D eigenvalue weighted by Gasteiger charge is 2.17. The summed E-state index contributed by atoms with van der Waals surface area (Å²) in [5, 5.41) is 5.88. The fourth-order valence-electron chi connectivity index (χ4n) is 3.20. The van der Waals surface area contributed by atoms with E-state index in [1.807, 2.05) is 54.6 Å². The summed E-state index contributed by atoms with van der Waals surface area (Å²) < 4.78 is 0. The van der Waals surface area contributed by atoms with Gasteiger partial charge in [-0.2, -0.15) is 0 Å². The largest absolute Gasteiger partial charge is 0.348 e. The Kier molecular flexibility index (Phi) is 7.42. The van der Waals surface area contributed by atoms with Crippen molar-refractivity contribution >= 4 is 23.4 Å². The number of carbonyl (C=O) groups excluding carboxylic acids is 2. The van der Waals surface area contributed by atoms with Gasteiger partial charge in [-0.15, -0.1) is 0 Å². The van der Waals surface area contributed by atoms with E-state index in [2.05, 4.69) is 34.9 Å². The van der Waals surface area contributed by atoms with Crippen LogP contribution in [0.5, 0.6) is 0 Å². The first-order chi connectivity index (χ1) is 14.1. The molecule has 3 aromatic carbocycles. The van der Waals surface area contributed by atoms with Crippen molar-refractivity contribution in [1.82, 2.24) is 10.6 Å². The number of amides is 2. The van der Waals surface area contributed by atoms with Crippen molar-refractivity contribution in [2.75, 3.05) is 6.54 Å².